The number of ether oxygens (including phenoxy) is 1. The van der Waals surface area contributed by atoms with Gasteiger partial charge < -0.3 is 9.64 Å². The molecule has 30 heavy (non-hydrogen) atoms. The highest BCUT2D eigenvalue weighted by atomic mass is 16.5. The van der Waals surface area contributed by atoms with Crippen molar-refractivity contribution >= 4 is 5.91 Å². The summed E-state index contributed by atoms with van der Waals surface area (Å²) < 4.78 is 6.07. The Labute approximate surface area is 177 Å². The van der Waals surface area contributed by atoms with Crippen LogP contribution < -0.4 is 4.74 Å². The van der Waals surface area contributed by atoms with Crippen molar-refractivity contribution in [2.24, 2.45) is 0 Å². The number of amides is 1. The fraction of sp³-hybridized carbons (Fsp3) is 0.320. The van der Waals surface area contributed by atoms with Gasteiger partial charge >= 0.3 is 6.01 Å². The van der Waals surface area contributed by atoms with Crippen molar-refractivity contribution in [1.29, 1.82) is 0 Å². The first-order chi connectivity index (χ1) is 14.6. The minimum atomic E-state index is -0.316. The normalized spacial score (nSPS) is 16.5. The van der Waals surface area contributed by atoms with Gasteiger partial charge in [-0.05, 0) is 43.9 Å². The first-order valence-electron chi connectivity index (χ1n) is 10.5. The smallest absolute Gasteiger partial charge is 0.317 e. The summed E-state index contributed by atoms with van der Waals surface area (Å²) in [6.45, 7) is 5.15. The third-order valence-corrected chi connectivity index (χ3v) is 5.44. The molecule has 1 unspecified atom stereocenters. The molecule has 5 heteroatoms. The molecule has 1 fully saturated rings. The van der Waals surface area contributed by atoms with Crippen LogP contribution in [0.3, 0.4) is 0 Å². The summed E-state index contributed by atoms with van der Waals surface area (Å²) in [7, 11) is 0. The zero-order chi connectivity index (χ0) is 20.9. The Morgan fingerprint density at radius 2 is 1.53 bits per heavy atom. The molecule has 154 valence electrons. The largest absolute Gasteiger partial charge is 0.458 e. The maximum Gasteiger partial charge on any atom is 0.317 e. The van der Waals surface area contributed by atoms with E-state index in [4.69, 9.17) is 4.74 Å². The van der Waals surface area contributed by atoms with Crippen LogP contribution >= 0.6 is 0 Å². The molecule has 0 saturated carbocycles. The molecule has 1 amide bonds. The lowest BCUT2D eigenvalue weighted by Crippen LogP contribution is -2.46. The van der Waals surface area contributed by atoms with Crippen molar-refractivity contribution in [1.82, 2.24) is 14.9 Å². The quantitative estimate of drug-likeness (QED) is 0.640. The molecule has 3 aromatic rings. The number of rotatable bonds is 5. The monoisotopic (exact) mass is 401 g/mol. The number of nitrogens with zero attached hydrogens (tertiary/aromatic N) is 3. The second-order valence-electron chi connectivity index (χ2n) is 7.85. The Morgan fingerprint density at radius 1 is 0.967 bits per heavy atom. The predicted molar refractivity (Wildman–Crippen MR) is 116 cm³/mol. The molecule has 2 heterocycles. The van der Waals surface area contributed by atoms with Crippen molar-refractivity contribution < 1.29 is 9.53 Å². The standard InChI is InChI=1S/C25H27N3O2/c1-18-16-19(2)27-25(26-18)30-22-14-9-15-28(17-22)24(29)23(20-10-5-3-6-11-20)21-12-7-4-8-13-21/h3-8,10-13,16,22-23H,9,14-15,17H2,1-2H3. The zero-order valence-electron chi connectivity index (χ0n) is 17.5. The van der Waals surface area contributed by atoms with E-state index < -0.39 is 0 Å². The predicted octanol–water partition coefficient (Wildman–Crippen LogP) is 4.30. The molecule has 1 atom stereocenters. The lowest BCUT2D eigenvalue weighted by Gasteiger charge is -2.35. The highest BCUT2D eigenvalue weighted by Crippen LogP contribution is 2.28. The average molecular weight is 402 g/mol. The van der Waals surface area contributed by atoms with Crippen molar-refractivity contribution in [2.45, 2.75) is 38.7 Å². The summed E-state index contributed by atoms with van der Waals surface area (Å²) >= 11 is 0. The molecule has 0 aliphatic carbocycles. The summed E-state index contributed by atoms with van der Waals surface area (Å²) in [6, 6.07) is 22.3. The van der Waals surface area contributed by atoms with Gasteiger partial charge in [-0.25, -0.2) is 9.97 Å². The Balaban J connectivity index is 1.54. The number of hydrogen-bond donors (Lipinski definition) is 0. The van der Waals surface area contributed by atoms with E-state index in [-0.39, 0.29) is 17.9 Å². The van der Waals surface area contributed by atoms with E-state index in [0.29, 0.717) is 12.6 Å². The zero-order valence-corrected chi connectivity index (χ0v) is 17.5. The van der Waals surface area contributed by atoms with Gasteiger partial charge in [0.05, 0.1) is 12.5 Å². The van der Waals surface area contributed by atoms with Gasteiger partial charge in [0, 0.05) is 17.9 Å². The molecule has 1 aliphatic rings. The second kappa shape index (κ2) is 9.08. The number of carbonyl (C=O) groups excluding carboxylic acids is 1. The number of carbonyl (C=O) groups is 1. The van der Waals surface area contributed by atoms with Crippen LogP contribution in [0.5, 0.6) is 6.01 Å². The minimum absolute atomic E-state index is 0.101. The fourth-order valence-electron chi connectivity index (χ4n) is 4.08. The molecule has 4 rings (SSSR count). The van der Waals surface area contributed by atoms with E-state index >= 15 is 0 Å². The molecular formula is C25H27N3O2. The van der Waals surface area contributed by atoms with Gasteiger partial charge in [-0.1, -0.05) is 60.7 Å². The molecule has 0 N–H and O–H groups in total. The van der Waals surface area contributed by atoms with Crippen molar-refractivity contribution in [3.63, 3.8) is 0 Å². The molecule has 1 saturated heterocycles. The third kappa shape index (κ3) is 4.67. The Hall–Kier alpha value is -3.21. The van der Waals surface area contributed by atoms with Crippen LogP contribution in [0.4, 0.5) is 0 Å². The Kier molecular flexibility index (Phi) is 6.07. The summed E-state index contributed by atoms with van der Waals surface area (Å²) in [5, 5.41) is 0. The molecule has 1 aliphatic heterocycles. The van der Waals surface area contributed by atoms with Gasteiger partial charge in [-0.3, -0.25) is 4.79 Å². The number of hydrogen-bond acceptors (Lipinski definition) is 4. The molecule has 1 aromatic heterocycles. The van der Waals surface area contributed by atoms with Crippen molar-refractivity contribution in [3.8, 4) is 6.01 Å². The van der Waals surface area contributed by atoms with Crippen LogP contribution in [0.25, 0.3) is 0 Å². The maximum absolute atomic E-state index is 13.6. The number of piperidine rings is 1. The van der Waals surface area contributed by atoms with Crippen LogP contribution in [0, 0.1) is 13.8 Å². The third-order valence-electron chi connectivity index (χ3n) is 5.44. The van der Waals surface area contributed by atoms with Gasteiger partial charge in [-0.15, -0.1) is 0 Å². The molecule has 0 bridgehead atoms. The molecule has 5 nitrogen and oxygen atoms in total. The van der Waals surface area contributed by atoms with Gasteiger partial charge in [0.15, 0.2) is 0 Å². The highest BCUT2D eigenvalue weighted by molar-refractivity contribution is 5.87. The first-order valence-corrected chi connectivity index (χ1v) is 10.5. The lowest BCUT2D eigenvalue weighted by molar-refractivity contribution is -0.134. The van der Waals surface area contributed by atoms with Gasteiger partial charge in [-0.2, -0.15) is 0 Å². The van der Waals surface area contributed by atoms with E-state index in [1.165, 1.54) is 0 Å². The SMILES string of the molecule is Cc1cc(C)nc(OC2CCCN(C(=O)C(c3ccccc3)c3ccccc3)C2)n1. The Bertz CT molecular complexity index is 932. The number of benzene rings is 2. The van der Waals surface area contributed by atoms with Crippen molar-refractivity contribution in [2.75, 3.05) is 13.1 Å². The van der Waals surface area contributed by atoms with E-state index in [9.17, 15) is 4.79 Å². The van der Waals surface area contributed by atoms with Gasteiger partial charge in [0.25, 0.3) is 0 Å². The molecule has 0 spiro atoms. The lowest BCUT2D eigenvalue weighted by atomic mass is 9.89. The average Bonchev–Trinajstić information content (AvgIpc) is 2.75. The highest BCUT2D eigenvalue weighted by Gasteiger charge is 2.32. The van der Waals surface area contributed by atoms with Gasteiger partial charge in [0.1, 0.15) is 6.10 Å². The van der Waals surface area contributed by atoms with E-state index in [1.54, 1.807) is 0 Å². The fourth-order valence-corrected chi connectivity index (χ4v) is 4.08. The Morgan fingerprint density at radius 3 is 2.10 bits per heavy atom. The first kappa shape index (κ1) is 20.1. The van der Waals surface area contributed by atoms with E-state index in [2.05, 4.69) is 9.97 Å². The van der Waals surface area contributed by atoms with Crippen LogP contribution in [0.15, 0.2) is 66.7 Å². The summed E-state index contributed by atoms with van der Waals surface area (Å²) in [4.78, 5) is 24.4. The number of likely N-dealkylation sites (tertiary alicyclic amines) is 1. The van der Waals surface area contributed by atoms with E-state index in [1.807, 2.05) is 85.5 Å². The summed E-state index contributed by atoms with van der Waals surface area (Å²) in [6.07, 6.45) is 1.69. The molecular weight excluding hydrogens is 374 g/mol. The maximum atomic E-state index is 13.6. The van der Waals surface area contributed by atoms with Crippen LogP contribution in [0.2, 0.25) is 0 Å². The van der Waals surface area contributed by atoms with Crippen LogP contribution in [-0.2, 0) is 4.79 Å². The second-order valence-corrected chi connectivity index (χ2v) is 7.85. The van der Waals surface area contributed by atoms with Crippen LogP contribution in [0.1, 0.15) is 41.3 Å². The summed E-state index contributed by atoms with van der Waals surface area (Å²) in [5.41, 5.74) is 3.78. The van der Waals surface area contributed by atoms with E-state index in [0.717, 1.165) is 41.9 Å². The van der Waals surface area contributed by atoms with Crippen LogP contribution in [-0.4, -0.2) is 40.0 Å². The minimum Gasteiger partial charge on any atom is -0.458 e. The summed E-state index contributed by atoms with van der Waals surface area (Å²) in [5.74, 6) is -0.203. The topological polar surface area (TPSA) is 55.3 Å². The molecule has 2 aromatic carbocycles. The van der Waals surface area contributed by atoms with Crippen molar-refractivity contribution in [3.05, 3.63) is 89.2 Å². The molecule has 0 radical (unpaired) electrons. The number of aromatic nitrogens is 2. The van der Waals surface area contributed by atoms with Gasteiger partial charge in [0.2, 0.25) is 5.91 Å². The number of aryl methyl sites for hydroxylation is 2.